The molecule has 0 aliphatic rings. The van der Waals surface area contributed by atoms with E-state index in [0.29, 0.717) is 0 Å². The molecule has 1 N–H and O–H groups in total. The van der Waals surface area contributed by atoms with Crippen LogP contribution in [0.15, 0.2) is 18.2 Å². The maximum Gasteiger partial charge on any atom is 0.185 e. The molecule has 3 nitrogen and oxygen atoms in total. The van der Waals surface area contributed by atoms with Crippen LogP contribution in [-0.2, 0) is 15.9 Å². The molecule has 0 amide bonds. The van der Waals surface area contributed by atoms with Crippen molar-refractivity contribution in [3.63, 3.8) is 0 Å². The fourth-order valence-corrected chi connectivity index (χ4v) is 1.75. The zero-order valence-corrected chi connectivity index (χ0v) is 10.0. The molecule has 0 saturated carbocycles. The number of halogens is 2. The number of aliphatic hydroxyl groups is 1. The lowest BCUT2D eigenvalue weighted by molar-refractivity contribution is -0.207. The third-order valence-corrected chi connectivity index (χ3v) is 2.53. The number of benzene rings is 1. The summed E-state index contributed by atoms with van der Waals surface area (Å²) in [5.41, 5.74) is -1.70. The molecular formula is C12H16F2O3. The Kier molecular flexibility index (Phi) is 4.56. The Balaban J connectivity index is 2.97. The van der Waals surface area contributed by atoms with Gasteiger partial charge in [-0.1, -0.05) is 6.07 Å². The molecule has 17 heavy (non-hydrogen) atoms. The van der Waals surface area contributed by atoms with Gasteiger partial charge in [-0.15, -0.1) is 0 Å². The van der Waals surface area contributed by atoms with E-state index in [1.54, 1.807) is 0 Å². The van der Waals surface area contributed by atoms with Crippen molar-refractivity contribution >= 4 is 0 Å². The minimum atomic E-state index is -1.52. The summed E-state index contributed by atoms with van der Waals surface area (Å²) in [4.78, 5) is 0. The fourth-order valence-electron chi connectivity index (χ4n) is 1.75. The van der Waals surface area contributed by atoms with Gasteiger partial charge in [0.05, 0.1) is 0 Å². The first kappa shape index (κ1) is 14.0. The summed E-state index contributed by atoms with van der Waals surface area (Å²) in [6.45, 7) is 1.40. The van der Waals surface area contributed by atoms with Gasteiger partial charge in [0, 0.05) is 26.2 Å². The second-order valence-corrected chi connectivity index (χ2v) is 4.04. The summed E-state index contributed by atoms with van der Waals surface area (Å²) in [7, 11) is 2.70. The van der Waals surface area contributed by atoms with Gasteiger partial charge >= 0.3 is 0 Å². The van der Waals surface area contributed by atoms with E-state index >= 15 is 0 Å². The summed E-state index contributed by atoms with van der Waals surface area (Å²) < 4.78 is 36.6. The highest BCUT2D eigenvalue weighted by molar-refractivity contribution is 5.21. The van der Waals surface area contributed by atoms with Crippen LogP contribution in [0.5, 0.6) is 0 Å². The number of hydrogen-bond donors (Lipinski definition) is 1. The van der Waals surface area contributed by atoms with E-state index in [0.717, 1.165) is 12.1 Å². The Labute approximate surface area is 99.0 Å². The van der Waals surface area contributed by atoms with E-state index in [-0.39, 0.29) is 12.0 Å². The molecule has 1 aromatic rings. The van der Waals surface area contributed by atoms with Crippen molar-refractivity contribution in [3.05, 3.63) is 35.4 Å². The third kappa shape index (κ3) is 3.21. The first-order valence-electron chi connectivity index (χ1n) is 5.13. The van der Waals surface area contributed by atoms with Crippen molar-refractivity contribution in [2.24, 2.45) is 0 Å². The van der Waals surface area contributed by atoms with Gasteiger partial charge in [0.25, 0.3) is 0 Å². The molecule has 1 aromatic carbocycles. The molecule has 0 heterocycles. The number of methoxy groups -OCH3 is 2. The maximum atomic E-state index is 13.4. The Bertz CT molecular complexity index is 356. The quantitative estimate of drug-likeness (QED) is 0.806. The van der Waals surface area contributed by atoms with E-state index in [9.17, 15) is 13.9 Å². The lowest BCUT2D eigenvalue weighted by atomic mass is 9.95. The summed E-state index contributed by atoms with van der Waals surface area (Å²) in [6.07, 6.45) is -1.20. The molecule has 1 unspecified atom stereocenters. The van der Waals surface area contributed by atoms with Crippen molar-refractivity contribution < 1.29 is 23.4 Å². The zero-order valence-electron chi connectivity index (χ0n) is 10.0. The average molecular weight is 246 g/mol. The Hall–Kier alpha value is -1.04. The van der Waals surface area contributed by atoms with Crippen LogP contribution in [-0.4, -0.2) is 31.2 Å². The van der Waals surface area contributed by atoms with E-state index in [1.807, 2.05) is 0 Å². The maximum absolute atomic E-state index is 13.4. The molecule has 96 valence electrons. The van der Waals surface area contributed by atoms with Crippen LogP contribution in [0.2, 0.25) is 0 Å². The third-order valence-electron chi connectivity index (χ3n) is 2.53. The highest BCUT2D eigenvalue weighted by atomic mass is 19.1. The minimum absolute atomic E-state index is 0.184. The van der Waals surface area contributed by atoms with Crippen LogP contribution >= 0.6 is 0 Å². The molecular weight excluding hydrogens is 230 g/mol. The Morgan fingerprint density at radius 1 is 1.24 bits per heavy atom. The van der Waals surface area contributed by atoms with E-state index in [4.69, 9.17) is 9.47 Å². The largest absolute Gasteiger partial charge is 0.385 e. The summed E-state index contributed by atoms with van der Waals surface area (Å²) >= 11 is 0. The van der Waals surface area contributed by atoms with Crippen LogP contribution in [0.3, 0.4) is 0 Å². The van der Waals surface area contributed by atoms with Crippen molar-refractivity contribution in [1.29, 1.82) is 0 Å². The van der Waals surface area contributed by atoms with Crippen LogP contribution in [0.25, 0.3) is 0 Å². The molecule has 0 aliphatic heterocycles. The highest BCUT2D eigenvalue weighted by Crippen LogP contribution is 2.23. The van der Waals surface area contributed by atoms with Crippen molar-refractivity contribution in [2.45, 2.75) is 25.2 Å². The van der Waals surface area contributed by atoms with Gasteiger partial charge in [-0.25, -0.2) is 8.78 Å². The molecule has 0 bridgehead atoms. The lowest BCUT2D eigenvalue weighted by Gasteiger charge is -2.30. The predicted molar refractivity (Wildman–Crippen MR) is 58.5 cm³/mol. The van der Waals surface area contributed by atoms with Crippen molar-refractivity contribution in [3.8, 4) is 0 Å². The number of rotatable bonds is 5. The number of ether oxygens (including phenoxy) is 2. The average Bonchev–Trinajstić information content (AvgIpc) is 2.25. The Morgan fingerprint density at radius 2 is 1.71 bits per heavy atom. The van der Waals surface area contributed by atoms with Crippen LogP contribution in [0.4, 0.5) is 8.78 Å². The predicted octanol–water partition coefficient (Wildman–Crippen LogP) is 1.88. The highest BCUT2D eigenvalue weighted by Gasteiger charge is 2.34. The second-order valence-electron chi connectivity index (χ2n) is 4.04. The monoisotopic (exact) mass is 246 g/mol. The first-order chi connectivity index (χ1) is 7.92. The van der Waals surface area contributed by atoms with E-state index < -0.39 is 23.5 Å². The van der Waals surface area contributed by atoms with Gasteiger partial charge in [0.15, 0.2) is 6.29 Å². The molecule has 5 heteroatoms. The molecule has 0 aliphatic carbocycles. The molecule has 1 atom stereocenters. The molecule has 0 fully saturated rings. The molecule has 0 saturated heterocycles. The van der Waals surface area contributed by atoms with E-state index in [2.05, 4.69) is 0 Å². The zero-order chi connectivity index (χ0) is 13.1. The lowest BCUT2D eigenvalue weighted by Crippen LogP contribution is -2.44. The molecule has 1 rings (SSSR count). The van der Waals surface area contributed by atoms with E-state index in [1.165, 1.54) is 27.2 Å². The normalized spacial score (nSPS) is 15.0. The first-order valence-corrected chi connectivity index (χ1v) is 5.13. The van der Waals surface area contributed by atoms with Gasteiger partial charge in [-0.05, 0) is 19.1 Å². The van der Waals surface area contributed by atoms with Gasteiger partial charge in [-0.3, -0.25) is 0 Å². The van der Waals surface area contributed by atoms with Crippen LogP contribution in [0.1, 0.15) is 12.5 Å². The van der Waals surface area contributed by atoms with Crippen LogP contribution in [0, 0.1) is 11.6 Å². The standard InChI is InChI=1S/C12H16F2O3/c1-12(15,11(16-2)17-3)7-8-9(13)5-4-6-10(8)14/h4-6,11,15H,7H2,1-3H3. The molecule has 0 radical (unpaired) electrons. The van der Waals surface area contributed by atoms with Gasteiger partial charge in [-0.2, -0.15) is 0 Å². The summed E-state index contributed by atoms with van der Waals surface area (Å²) in [5.74, 6) is -1.40. The summed E-state index contributed by atoms with van der Waals surface area (Å²) in [5, 5.41) is 10.1. The smallest absolute Gasteiger partial charge is 0.185 e. The topological polar surface area (TPSA) is 38.7 Å². The van der Waals surface area contributed by atoms with Crippen molar-refractivity contribution in [2.75, 3.05) is 14.2 Å². The van der Waals surface area contributed by atoms with Gasteiger partial charge < -0.3 is 14.6 Å². The van der Waals surface area contributed by atoms with Crippen molar-refractivity contribution in [1.82, 2.24) is 0 Å². The molecule has 0 spiro atoms. The Morgan fingerprint density at radius 3 is 2.12 bits per heavy atom. The fraction of sp³-hybridized carbons (Fsp3) is 0.500. The summed E-state index contributed by atoms with van der Waals surface area (Å²) in [6, 6.07) is 3.55. The molecule has 0 aromatic heterocycles. The van der Waals surface area contributed by atoms with Gasteiger partial charge in [0.2, 0.25) is 0 Å². The van der Waals surface area contributed by atoms with Gasteiger partial charge in [0.1, 0.15) is 17.2 Å². The number of hydrogen-bond acceptors (Lipinski definition) is 3. The van der Waals surface area contributed by atoms with Crippen LogP contribution < -0.4 is 0 Å². The SMILES string of the molecule is COC(OC)C(C)(O)Cc1c(F)cccc1F. The minimum Gasteiger partial charge on any atom is -0.385 e. The second kappa shape index (κ2) is 5.53.